The van der Waals surface area contributed by atoms with E-state index in [0.29, 0.717) is 0 Å². The summed E-state index contributed by atoms with van der Waals surface area (Å²) in [5.41, 5.74) is 2.44. The van der Waals surface area contributed by atoms with Gasteiger partial charge in [0.15, 0.2) is 12.5 Å². The number of hydrogen-bond acceptors (Lipinski definition) is 4. The third-order valence-electron chi connectivity index (χ3n) is 3.11. The molecule has 0 amide bonds. The lowest BCUT2D eigenvalue weighted by atomic mass is 10.1. The standard InChI is InChI=1S/C11H20N2O.C5H5N/c1-3-5-6-7-10-9(4-2)12-11(8-14)13-10;1-2-4-6-5-3-1/h8,11-13H,3-7H2,1-2H3;1-5H. The summed E-state index contributed by atoms with van der Waals surface area (Å²) in [4.78, 5) is 14.4. The van der Waals surface area contributed by atoms with Gasteiger partial charge in [-0.15, -0.1) is 0 Å². The van der Waals surface area contributed by atoms with Crippen molar-refractivity contribution in [3.8, 4) is 0 Å². The van der Waals surface area contributed by atoms with Crippen LogP contribution in [0, 0.1) is 0 Å². The summed E-state index contributed by atoms with van der Waals surface area (Å²) < 4.78 is 0. The molecule has 4 nitrogen and oxygen atoms in total. The van der Waals surface area contributed by atoms with Gasteiger partial charge in [0.1, 0.15) is 0 Å². The van der Waals surface area contributed by atoms with Gasteiger partial charge in [-0.25, -0.2) is 0 Å². The fourth-order valence-electron chi connectivity index (χ4n) is 2.06. The molecule has 1 atom stereocenters. The Balaban J connectivity index is 0.000000276. The molecule has 0 aromatic carbocycles. The molecular weight excluding hydrogens is 250 g/mol. The van der Waals surface area contributed by atoms with E-state index in [1.807, 2.05) is 18.2 Å². The van der Waals surface area contributed by atoms with E-state index in [9.17, 15) is 4.79 Å². The van der Waals surface area contributed by atoms with E-state index in [1.165, 1.54) is 30.7 Å². The lowest BCUT2D eigenvalue weighted by molar-refractivity contribution is -0.109. The minimum atomic E-state index is -0.193. The Kier molecular flexibility index (Phi) is 8.11. The molecule has 0 spiro atoms. The van der Waals surface area contributed by atoms with Gasteiger partial charge in [-0.1, -0.05) is 32.8 Å². The zero-order valence-corrected chi connectivity index (χ0v) is 12.4. The number of carbonyl (C=O) groups excluding carboxylic acids is 1. The number of unbranched alkanes of at least 4 members (excludes halogenated alkanes) is 2. The predicted molar refractivity (Wildman–Crippen MR) is 81.8 cm³/mol. The van der Waals surface area contributed by atoms with Gasteiger partial charge in [0.25, 0.3) is 0 Å². The predicted octanol–water partition coefficient (Wildman–Crippen LogP) is 2.99. The van der Waals surface area contributed by atoms with Crippen LogP contribution >= 0.6 is 0 Å². The number of aromatic nitrogens is 1. The third kappa shape index (κ3) is 5.87. The molecule has 2 heterocycles. The first-order valence-corrected chi connectivity index (χ1v) is 7.37. The SMILES string of the molecule is CCCCCC1=C(CC)NC(C=O)N1.c1ccncc1. The van der Waals surface area contributed by atoms with Gasteiger partial charge in [-0.05, 0) is 31.4 Å². The highest BCUT2D eigenvalue weighted by Crippen LogP contribution is 2.16. The molecule has 2 rings (SSSR count). The van der Waals surface area contributed by atoms with Crippen LogP contribution in [0.5, 0.6) is 0 Å². The maximum absolute atomic E-state index is 10.6. The van der Waals surface area contributed by atoms with Crippen molar-refractivity contribution in [1.29, 1.82) is 0 Å². The Morgan fingerprint density at radius 1 is 1.10 bits per heavy atom. The van der Waals surface area contributed by atoms with Crippen molar-refractivity contribution in [3.63, 3.8) is 0 Å². The molecule has 1 aromatic heterocycles. The molecule has 20 heavy (non-hydrogen) atoms. The summed E-state index contributed by atoms with van der Waals surface area (Å²) in [6.07, 6.45) is 9.96. The van der Waals surface area contributed by atoms with Gasteiger partial charge in [0, 0.05) is 23.8 Å². The van der Waals surface area contributed by atoms with Crippen molar-refractivity contribution in [1.82, 2.24) is 15.6 Å². The zero-order valence-electron chi connectivity index (χ0n) is 12.4. The van der Waals surface area contributed by atoms with E-state index in [-0.39, 0.29) is 6.17 Å². The van der Waals surface area contributed by atoms with Crippen LogP contribution in [0.15, 0.2) is 42.0 Å². The monoisotopic (exact) mass is 275 g/mol. The molecule has 2 N–H and O–H groups in total. The first-order chi connectivity index (χ1) is 9.81. The van der Waals surface area contributed by atoms with Gasteiger partial charge in [-0.2, -0.15) is 0 Å². The summed E-state index contributed by atoms with van der Waals surface area (Å²) in [5, 5.41) is 6.37. The number of hydrogen-bond donors (Lipinski definition) is 2. The van der Waals surface area contributed by atoms with Crippen LogP contribution < -0.4 is 10.6 Å². The first-order valence-electron chi connectivity index (χ1n) is 7.37. The van der Waals surface area contributed by atoms with Crippen molar-refractivity contribution in [3.05, 3.63) is 42.0 Å². The smallest absolute Gasteiger partial charge is 0.162 e. The summed E-state index contributed by atoms with van der Waals surface area (Å²) in [7, 11) is 0. The fraction of sp³-hybridized carbons (Fsp3) is 0.500. The molecule has 0 saturated carbocycles. The van der Waals surface area contributed by atoms with Crippen LogP contribution in [0.1, 0.15) is 46.0 Å². The summed E-state index contributed by atoms with van der Waals surface area (Å²) in [6, 6.07) is 5.72. The van der Waals surface area contributed by atoms with Crippen LogP contribution in [0.25, 0.3) is 0 Å². The van der Waals surface area contributed by atoms with E-state index in [0.717, 1.165) is 19.1 Å². The molecule has 110 valence electrons. The second-order valence-corrected chi connectivity index (χ2v) is 4.69. The molecule has 1 unspecified atom stereocenters. The molecule has 0 bridgehead atoms. The van der Waals surface area contributed by atoms with Crippen LogP contribution in [0.3, 0.4) is 0 Å². The Morgan fingerprint density at radius 2 is 1.80 bits per heavy atom. The summed E-state index contributed by atoms with van der Waals surface area (Å²) >= 11 is 0. The molecule has 1 aliphatic heterocycles. The van der Waals surface area contributed by atoms with Gasteiger partial charge in [-0.3, -0.25) is 9.78 Å². The molecule has 1 aliphatic rings. The van der Waals surface area contributed by atoms with E-state index in [4.69, 9.17) is 0 Å². The minimum Gasteiger partial charge on any atom is -0.361 e. The van der Waals surface area contributed by atoms with Crippen molar-refractivity contribution in [2.75, 3.05) is 0 Å². The Hall–Kier alpha value is -1.84. The molecule has 4 heteroatoms. The van der Waals surface area contributed by atoms with Crippen LogP contribution in [0.2, 0.25) is 0 Å². The van der Waals surface area contributed by atoms with Gasteiger partial charge >= 0.3 is 0 Å². The first kappa shape index (κ1) is 16.2. The van der Waals surface area contributed by atoms with Crippen molar-refractivity contribution >= 4 is 6.29 Å². The number of nitrogens with zero attached hydrogens (tertiary/aromatic N) is 1. The minimum absolute atomic E-state index is 0.193. The molecule has 0 radical (unpaired) electrons. The Morgan fingerprint density at radius 3 is 2.25 bits per heavy atom. The molecule has 0 aliphatic carbocycles. The maximum Gasteiger partial charge on any atom is 0.162 e. The quantitative estimate of drug-likeness (QED) is 0.619. The summed E-state index contributed by atoms with van der Waals surface area (Å²) in [5.74, 6) is 0. The molecular formula is C16H25N3O. The van der Waals surface area contributed by atoms with E-state index in [2.05, 4.69) is 29.5 Å². The Bertz CT molecular complexity index is 377. The number of pyridine rings is 1. The highest BCUT2D eigenvalue weighted by molar-refractivity contribution is 5.59. The van der Waals surface area contributed by atoms with Crippen LogP contribution in [-0.4, -0.2) is 17.4 Å². The van der Waals surface area contributed by atoms with Gasteiger partial charge in [0.05, 0.1) is 0 Å². The Labute approximate surface area is 121 Å². The number of rotatable bonds is 6. The number of nitrogens with one attached hydrogen (secondary N) is 2. The fourth-order valence-corrected chi connectivity index (χ4v) is 2.06. The topological polar surface area (TPSA) is 54.0 Å². The number of allylic oxidation sites excluding steroid dienone is 2. The molecule has 1 aromatic rings. The zero-order chi connectivity index (χ0) is 14.6. The third-order valence-corrected chi connectivity index (χ3v) is 3.11. The van der Waals surface area contributed by atoms with Crippen molar-refractivity contribution < 1.29 is 4.79 Å². The molecule has 0 fully saturated rings. The largest absolute Gasteiger partial charge is 0.361 e. The highest BCUT2D eigenvalue weighted by atomic mass is 16.1. The van der Waals surface area contributed by atoms with Crippen molar-refractivity contribution in [2.24, 2.45) is 0 Å². The van der Waals surface area contributed by atoms with Gasteiger partial charge < -0.3 is 10.6 Å². The average molecular weight is 275 g/mol. The summed E-state index contributed by atoms with van der Waals surface area (Å²) in [6.45, 7) is 4.31. The van der Waals surface area contributed by atoms with Gasteiger partial charge in [0.2, 0.25) is 0 Å². The van der Waals surface area contributed by atoms with Crippen molar-refractivity contribution in [2.45, 2.75) is 52.1 Å². The lowest BCUT2D eigenvalue weighted by Crippen LogP contribution is -2.34. The second-order valence-electron chi connectivity index (χ2n) is 4.69. The van der Waals surface area contributed by atoms with Crippen LogP contribution in [-0.2, 0) is 4.79 Å². The van der Waals surface area contributed by atoms with E-state index in [1.54, 1.807) is 12.4 Å². The second kappa shape index (κ2) is 10.0. The normalized spacial score (nSPS) is 16.8. The van der Waals surface area contributed by atoms with Crippen LogP contribution in [0.4, 0.5) is 0 Å². The lowest BCUT2D eigenvalue weighted by Gasteiger charge is -2.05. The number of carbonyl (C=O) groups is 1. The average Bonchev–Trinajstić information content (AvgIpc) is 2.92. The maximum atomic E-state index is 10.6. The van der Waals surface area contributed by atoms with E-state index >= 15 is 0 Å². The molecule has 0 saturated heterocycles. The van der Waals surface area contributed by atoms with E-state index < -0.39 is 0 Å². The number of aldehydes is 1. The highest BCUT2D eigenvalue weighted by Gasteiger charge is 2.19.